The van der Waals surface area contributed by atoms with Gasteiger partial charge < -0.3 is 19.3 Å². The first-order valence-corrected chi connectivity index (χ1v) is 17.5. The van der Waals surface area contributed by atoms with Crippen LogP contribution in [0.25, 0.3) is 0 Å². The van der Waals surface area contributed by atoms with E-state index >= 15 is 0 Å². The molecule has 0 amide bonds. The van der Waals surface area contributed by atoms with Crippen molar-refractivity contribution in [2.45, 2.75) is 62.3 Å². The molecule has 1 N–H and O–H groups in total. The highest BCUT2D eigenvalue weighted by molar-refractivity contribution is 7.86. The zero-order chi connectivity index (χ0) is 38.2. The maximum atomic E-state index is 13.1. The van der Waals surface area contributed by atoms with Crippen molar-refractivity contribution in [1.29, 1.82) is 0 Å². The van der Waals surface area contributed by atoms with Gasteiger partial charge in [-0.3, -0.25) is 4.55 Å². The number of esters is 1. The van der Waals surface area contributed by atoms with Crippen LogP contribution in [-0.2, 0) is 27.7 Å². The summed E-state index contributed by atoms with van der Waals surface area (Å²) in [6.07, 6.45) is -7.70. The molecule has 0 saturated carbocycles. The Morgan fingerprint density at radius 2 is 1.23 bits per heavy atom. The lowest BCUT2D eigenvalue weighted by Gasteiger charge is -2.37. The highest BCUT2D eigenvalue weighted by atomic mass is 32.2. The Morgan fingerprint density at radius 1 is 0.788 bits per heavy atom. The summed E-state index contributed by atoms with van der Waals surface area (Å²) in [6, 6.07) is 14.6. The van der Waals surface area contributed by atoms with Crippen molar-refractivity contribution >= 4 is 27.5 Å². The van der Waals surface area contributed by atoms with Crippen LogP contribution in [0, 0.1) is 0 Å². The van der Waals surface area contributed by atoms with Crippen molar-refractivity contribution in [1.82, 2.24) is 0 Å². The third-order valence-corrected chi connectivity index (χ3v) is 9.58. The summed E-state index contributed by atoms with van der Waals surface area (Å²) in [4.78, 5) is 16.4. The molecule has 3 heterocycles. The molecule has 0 atom stereocenters. The number of halogens is 9. The van der Waals surface area contributed by atoms with Crippen molar-refractivity contribution in [3.05, 3.63) is 81.9 Å². The minimum Gasteiger partial charge on any atom is -0.465 e. The van der Waals surface area contributed by atoms with Crippen molar-refractivity contribution in [2.24, 2.45) is 0 Å². The molecular weight excluding hydrogens is 735 g/mol. The van der Waals surface area contributed by atoms with E-state index in [0.29, 0.717) is 72.8 Å². The summed E-state index contributed by atoms with van der Waals surface area (Å²) < 4.78 is 148. The molecule has 8 nitrogen and oxygen atoms in total. The van der Waals surface area contributed by atoms with E-state index < -0.39 is 52.7 Å². The van der Waals surface area contributed by atoms with Crippen LogP contribution in [0.1, 0.15) is 69.8 Å². The molecule has 3 aromatic rings. The van der Waals surface area contributed by atoms with E-state index in [9.17, 15) is 44.3 Å². The summed E-state index contributed by atoms with van der Waals surface area (Å²) in [5, 5.41) is 0. The third-order valence-electron chi connectivity index (χ3n) is 8.99. The lowest BCUT2D eigenvalue weighted by molar-refractivity contribution is -0.133. The second-order valence-corrected chi connectivity index (χ2v) is 13.9. The summed E-state index contributed by atoms with van der Waals surface area (Å²) in [5.41, 5.74) is 0.215. The van der Waals surface area contributed by atoms with Gasteiger partial charge in [-0.1, -0.05) is 18.2 Å². The summed E-state index contributed by atoms with van der Waals surface area (Å²) >= 11 is 0. The van der Waals surface area contributed by atoms with Gasteiger partial charge >= 0.3 is 33.9 Å². The third kappa shape index (κ3) is 8.87. The van der Waals surface area contributed by atoms with Gasteiger partial charge in [0.25, 0.3) is 0 Å². The summed E-state index contributed by atoms with van der Waals surface area (Å²) in [7, 11) is -4.53. The zero-order valence-electron chi connectivity index (χ0n) is 27.5. The number of methoxy groups -OCH3 is 1. The maximum absolute atomic E-state index is 13.1. The summed E-state index contributed by atoms with van der Waals surface area (Å²) in [6.45, 7) is 0.605. The van der Waals surface area contributed by atoms with Crippen LogP contribution in [0.15, 0.2) is 48.5 Å². The van der Waals surface area contributed by atoms with Gasteiger partial charge in [0.05, 0.1) is 25.5 Å². The Labute approximate surface area is 292 Å². The Kier molecular flexibility index (Phi) is 11.0. The van der Waals surface area contributed by atoms with E-state index in [4.69, 9.17) is 22.4 Å². The SMILES string of the molecule is COC(=O)c1ccccc1C1c2cc3c(cc2Oc2cc4c(cc21)CCCN4CCC(F)(F)F)N(CCC(F)(F)F)CCC3.O=S(=O)(O)C(F)(F)F. The van der Waals surface area contributed by atoms with Gasteiger partial charge in [-0.05, 0) is 60.6 Å². The fourth-order valence-corrected chi connectivity index (χ4v) is 6.70. The molecule has 52 heavy (non-hydrogen) atoms. The fourth-order valence-electron chi connectivity index (χ4n) is 6.70. The molecule has 0 bridgehead atoms. The molecule has 18 heteroatoms. The van der Waals surface area contributed by atoms with E-state index in [0.717, 1.165) is 22.3 Å². The topological polar surface area (TPSA) is 96.4 Å². The predicted octanol–water partition coefficient (Wildman–Crippen LogP) is 8.56. The highest BCUT2D eigenvalue weighted by Gasteiger charge is 2.44. The van der Waals surface area contributed by atoms with Gasteiger partial charge in [0.2, 0.25) is 0 Å². The van der Waals surface area contributed by atoms with Crippen LogP contribution >= 0.6 is 0 Å². The Bertz CT molecular complexity index is 1830. The number of carbonyl (C=O) groups is 1. The number of rotatable bonds is 6. The number of hydrogen-bond donors (Lipinski definition) is 1. The van der Waals surface area contributed by atoms with Gasteiger partial charge in [0.15, 0.2) is 0 Å². The monoisotopic (exact) mass is 768 g/mol. The van der Waals surface area contributed by atoms with Crippen LogP contribution in [0.3, 0.4) is 0 Å². The average molecular weight is 769 g/mol. The van der Waals surface area contributed by atoms with Gasteiger partial charge in [-0.15, -0.1) is 0 Å². The van der Waals surface area contributed by atoms with Crippen molar-refractivity contribution in [2.75, 3.05) is 43.1 Å². The van der Waals surface area contributed by atoms with E-state index in [-0.39, 0.29) is 13.1 Å². The van der Waals surface area contributed by atoms with E-state index in [1.807, 2.05) is 24.3 Å². The van der Waals surface area contributed by atoms with Gasteiger partial charge in [0.1, 0.15) is 11.5 Å². The highest BCUT2D eigenvalue weighted by Crippen LogP contribution is 2.52. The predicted molar refractivity (Wildman–Crippen MR) is 172 cm³/mol. The van der Waals surface area contributed by atoms with Crippen LogP contribution in [-0.4, -0.2) is 70.1 Å². The van der Waals surface area contributed by atoms with E-state index in [2.05, 4.69) is 0 Å². The maximum Gasteiger partial charge on any atom is 0.522 e. The number of aryl methyl sites for hydroxylation is 2. The molecule has 0 saturated heterocycles. The number of alkyl halides is 9. The molecule has 0 unspecified atom stereocenters. The smallest absolute Gasteiger partial charge is 0.465 e. The van der Waals surface area contributed by atoms with Gasteiger partial charge in [0, 0.05) is 66.7 Å². The zero-order valence-corrected chi connectivity index (χ0v) is 28.3. The van der Waals surface area contributed by atoms with E-state index in [1.54, 1.807) is 34.1 Å². The van der Waals surface area contributed by atoms with Crippen LogP contribution in [0.5, 0.6) is 11.5 Å². The number of benzene rings is 3. The van der Waals surface area contributed by atoms with Crippen LogP contribution in [0.2, 0.25) is 0 Å². The number of fused-ring (bicyclic) bond motifs is 4. The fraction of sp³-hybridized carbons (Fsp3) is 0.441. The quantitative estimate of drug-likeness (QED) is 0.0903. The Balaban J connectivity index is 0.000000587. The summed E-state index contributed by atoms with van der Waals surface area (Å²) in [5.74, 6) is -0.103. The normalized spacial score (nSPS) is 16.1. The second kappa shape index (κ2) is 14.7. The first-order valence-electron chi connectivity index (χ1n) is 16.0. The lowest BCUT2D eigenvalue weighted by Crippen LogP contribution is -2.33. The second-order valence-electron chi connectivity index (χ2n) is 12.5. The minimum atomic E-state index is -5.84. The first-order chi connectivity index (χ1) is 24.2. The number of carbonyl (C=O) groups excluding carboxylic acids is 1. The Hall–Kier alpha value is -4.19. The average Bonchev–Trinajstić information content (AvgIpc) is 3.05. The molecule has 6 rings (SSSR count). The van der Waals surface area contributed by atoms with Gasteiger partial charge in [-0.2, -0.15) is 47.9 Å². The minimum absolute atomic E-state index is 0.178. The van der Waals surface area contributed by atoms with Crippen molar-refractivity contribution in [3.63, 3.8) is 0 Å². The molecule has 0 fully saturated rings. The number of ether oxygens (including phenoxy) is 2. The van der Waals surface area contributed by atoms with Crippen LogP contribution in [0.4, 0.5) is 50.9 Å². The molecule has 3 aliphatic heterocycles. The molecule has 0 radical (unpaired) electrons. The Morgan fingerprint density at radius 3 is 1.63 bits per heavy atom. The molecule has 0 spiro atoms. The molecular formula is C34H33F9N2O6S. The first kappa shape index (κ1) is 39.0. The molecule has 0 aromatic heterocycles. The lowest BCUT2D eigenvalue weighted by atomic mass is 9.78. The number of hydrogen-bond acceptors (Lipinski definition) is 7. The van der Waals surface area contributed by atoms with Crippen LogP contribution < -0.4 is 14.5 Å². The molecule has 3 aliphatic rings. The molecule has 0 aliphatic carbocycles. The number of anilines is 2. The van der Waals surface area contributed by atoms with Gasteiger partial charge in [-0.25, -0.2) is 4.79 Å². The molecule has 3 aromatic carbocycles. The number of nitrogens with zero attached hydrogens (tertiary/aromatic N) is 2. The largest absolute Gasteiger partial charge is 0.522 e. The standard InChI is InChI=1S/C33H32F6N2O3.CHF3O3S/c1-43-31(42)23-9-3-2-8-22(23)30-24-16-20-6-4-12-40(14-10-32(34,35)36)26(20)18-28(24)44-29-19-27-21(17-25(29)30)7-5-13-41(27)15-11-33(37,38)39;2-1(3,4)8(5,6)7/h2-3,8-9,16-19,30H,4-7,10-15H2,1H3;(H,5,6,7). The van der Waals surface area contributed by atoms with Crippen molar-refractivity contribution in [3.8, 4) is 11.5 Å². The van der Waals surface area contributed by atoms with E-state index in [1.165, 1.54) is 7.11 Å². The molecule has 284 valence electrons. The van der Waals surface area contributed by atoms with Crippen molar-refractivity contribution < 1.29 is 66.8 Å².